The van der Waals surface area contributed by atoms with Gasteiger partial charge in [-0.3, -0.25) is 9.59 Å². The van der Waals surface area contributed by atoms with Crippen molar-refractivity contribution in [3.63, 3.8) is 0 Å². The van der Waals surface area contributed by atoms with Gasteiger partial charge in [-0.25, -0.2) is 0 Å². The van der Waals surface area contributed by atoms with E-state index in [2.05, 4.69) is 5.32 Å². The van der Waals surface area contributed by atoms with Crippen molar-refractivity contribution in [1.82, 2.24) is 4.90 Å². The van der Waals surface area contributed by atoms with Crippen molar-refractivity contribution in [1.29, 1.82) is 0 Å². The van der Waals surface area contributed by atoms with Crippen LogP contribution in [-0.4, -0.2) is 29.8 Å². The molecule has 1 N–H and O–H groups in total. The smallest absolute Gasteiger partial charge is 0.255 e. The summed E-state index contributed by atoms with van der Waals surface area (Å²) in [5.74, 6) is 1.42. The predicted molar refractivity (Wildman–Crippen MR) is 117 cm³/mol. The van der Waals surface area contributed by atoms with Gasteiger partial charge in [0.05, 0.1) is 11.3 Å². The SMILES string of the molecule is Cc1cccc(C(=O)N2CCCC2)c1NC(=O)CCc1ccc(-c2ccccc2)o1. The van der Waals surface area contributed by atoms with Gasteiger partial charge in [-0.05, 0) is 43.5 Å². The summed E-state index contributed by atoms with van der Waals surface area (Å²) in [5, 5.41) is 2.96. The van der Waals surface area contributed by atoms with Gasteiger partial charge in [0, 0.05) is 31.5 Å². The number of carbonyl (C=O) groups excluding carboxylic acids is 2. The van der Waals surface area contributed by atoms with Crippen molar-refractivity contribution < 1.29 is 14.0 Å². The van der Waals surface area contributed by atoms with Gasteiger partial charge in [-0.1, -0.05) is 42.5 Å². The van der Waals surface area contributed by atoms with Gasteiger partial charge in [0.1, 0.15) is 11.5 Å². The first-order valence-electron chi connectivity index (χ1n) is 10.4. The molecule has 2 heterocycles. The molecule has 154 valence electrons. The van der Waals surface area contributed by atoms with Crippen molar-refractivity contribution in [2.45, 2.75) is 32.6 Å². The second-order valence-corrected chi connectivity index (χ2v) is 7.68. The Morgan fingerprint density at radius 3 is 2.50 bits per heavy atom. The fraction of sp³-hybridized carbons (Fsp3) is 0.280. The summed E-state index contributed by atoms with van der Waals surface area (Å²) in [7, 11) is 0. The van der Waals surface area contributed by atoms with Crippen molar-refractivity contribution >= 4 is 17.5 Å². The monoisotopic (exact) mass is 402 g/mol. The van der Waals surface area contributed by atoms with E-state index < -0.39 is 0 Å². The number of likely N-dealkylation sites (tertiary alicyclic amines) is 1. The minimum Gasteiger partial charge on any atom is -0.461 e. The quantitative estimate of drug-likeness (QED) is 0.627. The minimum atomic E-state index is -0.127. The van der Waals surface area contributed by atoms with E-state index in [1.54, 1.807) is 6.07 Å². The standard InChI is InChI=1S/C25H26N2O3/c1-18-8-7-11-21(25(29)27-16-5-6-17-27)24(18)26-23(28)15-13-20-12-14-22(30-20)19-9-3-2-4-10-19/h2-4,7-12,14H,5-6,13,15-17H2,1H3,(H,26,28). The molecule has 0 saturated carbocycles. The lowest BCUT2D eigenvalue weighted by molar-refractivity contribution is -0.116. The van der Waals surface area contributed by atoms with Gasteiger partial charge >= 0.3 is 0 Å². The van der Waals surface area contributed by atoms with Crippen LogP contribution < -0.4 is 5.32 Å². The zero-order chi connectivity index (χ0) is 20.9. The Balaban J connectivity index is 1.41. The highest BCUT2D eigenvalue weighted by Crippen LogP contribution is 2.25. The highest BCUT2D eigenvalue weighted by Gasteiger charge is 2.23. The zero-order valence-corrected chi connectivity index (χ0v) is 17.2. The van der Waals surface area contributed by atoms with Crippen LogP contribution in [0.15, 0.2) is 65.1 Å². The first-order chi connectivity index (χ1) is 14.6. The average Bonchev–Trinajstić information content (AvgIpc) is 3.46. The first kappa shape index (κ1) is 20.0. The van der Waals surface area contributed by atoms with E-state index in [0.29, 0.717) is 17.7 Å². The maximum absolute atomic E-state index is 12.9. The lowest BCUT2D eigenvalue weighted by Crippen LogP contribution is -2.29. The van der Waals surface area contributed by atoms with Gasteiger partial charge < -0.3 is 14.6 Å². The summed E-state index contributed by atoms with van der Waals surface area (Å²) >= 11 is 0. The Morgan fingerprint density at radius 1 is 0.967 bits per heavy atom. The number of benzene rings is 2. The van der Waals surface area contributed by atoms with Crippen LogP contribution in [0.4, 0.5) is 5.69 Å². The Hall–Kier alpha value is -3.34. The molecule has 1 aliphatic rings. The Kier molecular flexibility index (Phi) is 5.98. The molecule has 0 unspecified atom stereocenters. The molecule has 0 bridgehead atoms. The molecule has 0 aliphatic carbocycles. The summed E-state index contributed by atoms with van der Waals surface area (Å²) < 4.78 is 5.88. The van der Waals surface area contributed by atoms with Crippen LogP contribution in [0, 0.1) is 6.92 Å². The topological polar surface area (TPSA) is 62.6 Å². The Bertz CT molecular complexity index is 1030. The third-order valence-electron chi connectivity index (χ3n) is 5.48. The molecule has 5 nitrogen and oxygen atoms in total. The molecule has 1 aromatic heterocycles. The molecule has 0 radical (unpaired) electrons. The van der Waals surface area contributed by atoms with E-state index in [9.17, 15) is 9.59 Å². The summed E-state index contributed by atoms with van der Waals surface area (Å²) in [4.78, 5) is 27.4. The van der Waals surface area contributed by atoms with Crippen LogP contribution in [0.25, 0.3) is 11.3 Å². The van der Waals surface area contributed by atoms with Crippen LogP contribution >= 0.6 is 0 Å². The van der Waals surface area contributed by atoms with Crippen molar-refractivity contribution in [2.75, 3.05) is 18.4 Å². The first-order valence-corrected chi connectivity index (χ1v) is 10.4. The third kappa shape index (κ3) is 4.46. The molecule has 1 aliphatic heterocycles. The van der Waals surface area contributed by atoms with Gasteiger partial charge in [-0.2, -0.15) is 0 Å². The van der Waals surface area contributed by atoms with E-state index in [-0.39, 0.29) is 18.2 Å². The molecule has 2 aromatic carbocycles. The third-order valence-corrected chi connectivity index (χ3v) is 5.48. The maximum atomic E-state index is 12.9. The number of para-hydroxylation sites is 1. The largest absolute Gasteiger partial charge is 0.461 e. The molecule has 5 heteroatoms. The highest BCUT2D eigenvalue weighted by molar-refractivity contribution is 6.04. The number of hydrogen-bond donors (Lipinski definition) is 1. The number of nitrogens with one attached hydrogen (secondary N) is 1. The van der Waals surface area contributed by atoms with Crippen LogP contribution in [-0.2, 0) is 11.2 Å². The number of furan rings is 1. The van der Waals surface area contributed by atoms with Crippen LogP contribution in [0.3, 0.4) is 0 Å². The second-order valence-electron chi connectivity index (χ2n) is 7.68. The zero-order valence-electron chi connectivity index (χ0n) is 17.2. The molecular formula is C25H26N2O3. The molecule has 4 rings (SSSR count). The molecule has 3 aromatic rings. The van der Waals surface area contributed by atoms with Crippen LogP contribution in [0.2, 0.25) is 0 Å². The summed E-state index contributed by atoms with van der Waals surface area (Å²) in [6.07, 6.45) is 2.86. The number of nitrogens with zero attached hydrogens (tertiary/aromatic N) is 1. The fourth-order valence-corrected chi connectivity index (χ4v) is 3.81. The van der Waals surface area contributed by atoms with Crippen molar-refractivity contribution in [2.24, 2.45) is 0 Å². The number of carbonyl (C=O) groups is 2. The fourth-order valence-electron chi connectivity index (χ4n) is 3.81. The number of rotatable bonds is 6. The lowest BCUT2D eigenvalue weighted by Gasteiger charge is -2.19. The van der Waals surface area contributed by atoms with E-state index >= 15 is 0 Å². The summed E-state index contributed by atoms with van der Waals surface area (Å²) in [6.45, 7) is 3.47. The Morgan fingerprint density at radius 2 is 1.73 bits per heavy atom. The lowest BCUT2D eigenvalue weighted by atomic mass is 10.1. The predicted octanol–water partition coefficient (Wildman–Crippen LogP) is 5.06. The molecule has 0 atom stereocenters. The van der Waals surface area contributed by atoms with Crippen molar-refractivity contribution in [3.8, 4) is 11.3 Å². The van der Waals surface area contributed by atoms with E-state index in [1.165, 1.54) is 0 Å². The molecule has 30 heavy (non-hydrogen) atoms. The molecule has 0 spiro atoms. The second kappa shape index (κ2) is 8.99. The van der Waals surface area contributed by atoms with Gasteiger partial charge in [0.2, 0.25) is 5.91 Å². The van der Waals surface area contributed by atoms with Gasteiger partial charge in [-0.15, -0.1) is 0 Å². The average molecular weight is 402 g/mol. The van der Waals surface area contributed by atoms with Crippen LogP contribution in [0.5, 0.6) is 0 Å². The number of hydrogen-bond acceptors (Lipinski definition) is 3. The van der Waals surface area contributed by atoms with Gasteiger partial charge in [0.25, 0.3) is 5.91 Å². The van der Waals surface area contributed by atoms with Crippen LogP contribution in [0.1, 0.15) is 40.9 Å². The Labute approximate surface area is 176 Å². The highest BCUT2D eigenvalue weighted by atomic mass is 16.3. The molecule has 1 fully saturated rings. The number of aryl methyl sites for hydroxylation is 2. The summed E-state index contributed by atoms with van der Waals surface area (Å²) in [5.41, 5.74) is 3.08. The van der Waals surface area contributed by atoms with Gasteiger partial charge in [0.15, 0.2) is 0 Å². The molecular weight excluding hydrogens is 376 g/mol. The molecule has 2 amide bonds. The minimum absolute atomic E-state index is 0.00922. The normalized spacial score (nSPS) is 13.4. The summed E-state index contributed by atoms with van der Waals surface area (Å²) in [6, 6.07) is 19.3. The van der Waals surface area contributed by atoms with E-state index in [0.717, 1.165) is 48.6 Å². The van der Waals surface area contributed by atoms with E-state index in [1.807, 2.05) is 66.4 Å². The number of amides is 2. The molecule has 1 saturated heterocycles. The van der Waals surface area contributed by atoms with Crippen molar-refractivity contribution in [3.05, 3.63) is 77.6 Å². The van der Waals surface area contributed by atoms with E-state index in [4.69, 9.17) is 4.42 Å². The number of anilines is 1. The maximum Gasteiger partial charge on any atom is 0.255 e.